The molecule has 6 rings (SSSR count). The van der Waals surface area contributed by atoms with Gasteiger partial charge in [0.05, 0.1) is 5.70 Å². The third-order valence-electron chi connectivity index (χ3n) is 15.3. The molecule has 346 valence electrons. The number of nitrogens with two attached hydrogens (primary N) is 2. The van der Waals surface area contributed by atoms with Crippen LogP contribution in [0.15, 0.2) is 82.5 Å². The van der Waals surface area contributed by atoms with Crippen LogP contribution in [0.25, 0.3) is 6.08 Å². The summed E-state index contributed by atoms with van der Waals surface area (Å²) in [6.07, 6.45) is 4.95. The molecule has 0 bridgehead atoms. The molecule has 2 heterocycles. The van der Waals surface area contributed by atoms with Crippen molar-refractivity contribution in [2.75, 3.05) is 5.73 Å². The number of carbonyl (C=O) groups is 2. The number of nitrogen functional groups attached to an aromatic ring is 1. The van der Waals surface area contributed by atoms with Crippen LogP contribution in [0.1, 0.15) is 151 Å². The highest BCUT2D eigenvalue weighted by molar-refractivity contribution is 6.84. The maximum Gasteiger partial charge on any atom is 0.342 e. The van der Waals surface area contributed by atoms with Gasteiger partial charge in [0.25, 0.3) is 0 Å². The number of anilines is 1. The third kappa shape index (κ3) is 9.99. The molecule has 9 heteroatoms. The second kappa shape index (κ2) is 18.0. The lowest BCUT2D eigenvalue weighted by atomic mass is 9.50. The standard InChI is InChI=1S/C55H79BN4O4/c1-32-27-41(54(11,12)13)47(42(28-32)55(14,15)16)64-51(62)46-35(4)44(60(49(46)58)56(36-23-19-17-20-24-36)37-25-21-18-22-26-37)31-43-34(3)45(48(57)59-43)50(61)63-38-29-39(52(5,6)7)33(2)40(30-38)53(8,9)10/h17-26,31-33,38-42,47H,27-30,58H2,1-16H3,(H2,57,59)/b43-31-. The van der Waals surface area contributed by atoms with Crippen LogP contribution in [-0.2, 0) is 14.3 Å². The number of hydrogen-bond donors (Lipinski definition) is 2. The van der Waals surface area contributed by atoms with Crippen molar-refractivity contribution < 1.29 is 19.1 Å². The number of aromatic nitrogens is 1. The summed E-state index contributed by atoms with van der Waals surface area (Å²) in [5.74, 6) is 1.64. The summed E-state index contributed by atoms with van der Waals surface area (Å²) in [5, 5.41) is 0. The van der Waals surface area contributed by atoms with Gasteiger partial charge < -0.3 is 25.4 Å². The first-order chi connectivity index (χ1) is 29.6. The highest BCUT2D eigenvalue weighted by Gasteiger charge is 2.49. The van der Waals surface area contributed by atoms with Crippen molar-refractivity contribution in [2.45, 2.75) is 149 Å². The molecule has 2 aromatic carbocycles. The molecule has 1 aliphatic heterocycles. The van der Waals surface area contributed by atoms with E-state index in [1.54, 1.807) is 0 Å². The van der Waals surface area contributed by atoms with E-state index in [1.165, 1.54) is 0 Å². The molecule has 3 aliphatic rings. The van der Waals surface area contributed by atoms with E-state index in [2.05, 4.69) is 121 Å². The Bertz CT molecular complexity index is 2190. The Morgan fingerprint density at radius 1 is 0.672 bits per heavy atom. The molecular weight excluding hydrogens is 791 g/mol. The van der Waals surface area contributed by atoms with Crippen molar-refractivity contribution in [3.63, 3.8) is 0 Å². The zero-order valence-corrected chi connectivity index (χ0v) is 42.1. The van der Waals surface area contributed by atoms with Crippen LogP contribution in [0.4, 0.5) is 5.82 Å². The van der Waals surface area contributed by atoms with E-state index in [1.807, 2.05) is 60.8 Å². The van der Waals surface area contributed by atoms with Crippen molar-refractivity contribution in [2.24, 2.45) is 67.9 Å². The Labute approximate surface area is 386 Å². The lowest BCUT2D eigenvalue weighted by Gasteiger charge is -2.50. The smallest absolute Gasteiger partial charge is 0.342 e. The number of benzene rings is 2. The molecule has 64 heavy (non-hydrogen) atoms. The van der Waals surface area contributed by atoms with Gasteiger partial charge in [-0.3, -0.25) is 0 Å². The first kappa shape index (κ1) is 48.9. The molecule has 0 amide bonds. The minimum atomic E-state index is -0.451. The van der Waals surface area contributed by atoms with Crippen LogP contribution in [-0.4, -0.2) is 41.3 Å². The fraction of sp³-hybridized carbons (Fsp3) is 0.582. The van der Waals surface area contributed by atoms with Gasteiger partial charge in [0, 0.05) is 17.5 Å². The Hall–Kier alpha value is -4.53. The maximum absolute atomic E-state index is 15.1. The van der Waals surface area contributed by atoms with Crippen molar-refractivity contribution in [3.05, 3.63) is 94.3 Å². The van der Waals surface area contributed by atoms with Gasteiger partial charge in [-0.25, -0.2) is 14.6 Å². The van der Waals surface area contributed by atoms with Crippen LogP contribution in [0.5, 0.6) is 0 Å². The topological polar surface area (TPSA) is 122 Å². The van der Waals surface area contributed by atoms with Gasteiger partial charge in [-0.1, -0.05) is 169 Å². The summed E-state index contributed by atoms with van der Waals surface area (Å²) in [4.78, 5) is 34.2. The Morgan fingerprint density at radius 2 is 1.12 bits per heavy atom. The number of rotatable bonds is 8. The number of ether oxygens (including phenoxy) is 2. The zero-order chi connectivity index (χ0) is 47.4. The van der Waals surface area contributed by atoms with Gasteiger partial charge in [0.15, 0.2) is 0 Å². The number of hydrogen-bond acceptors (Lipinski definition) is 7. The monoisotopic (exact) mass is 871 g/mol. The van der Waals surface area contributed by atoms with Crippen LogP contribution in [0.3, 0.4) is 0 Å². The van der Waals surface area contributed by atoms with Gasteiger partial charge in [-0.05, 0) is 102 Å². The van der Waals surface area contributed by atoms with Crippen LogP contribution >= 0.6 is 0 Å². The molecule has 8 nitrogen and oxygen atoms in total. The number of amidine groups is 1. The van der Waals surface area contributed by atoms with E-state index >= 15 is 4.79 Å². The zero-order valence-electron chi connectivity index (χ0n) is 42.1. The summed E-state index contributed by atoms with van der Waals surface area (Å²) in [5.41, 5.74) is 19.1. The molecule has 0 saturated heterocycles. The van der Waals surface area contributed by atoms with Crippen molar-refractivity contribution in [3.8, 4) is 0 Å². The Balaban J connectivity index is 1.47. The minimum absolute atomic E-state index is 0.0573. The summed E-state index contributed by atoms with van der Waals surface area (Å²) in [6.45, 7) is 35.4. The SMILES string of the molecule is CC1=C(C(=O)OC2CC(C(C)(C)C)C(C)C(C(C)(C)C)C2)C(N)=N/C1=C\c1c(C)c(C(=O)OC2C(C(C)(C)C)CC(C)CC2C(C)(C)C)c(N)n1B(c1ccccc1)c1ccccc1. The molecule has 2 fully saturated rings. The van der Waals surface area contributed by atoms with E-state index in [4.69, 9.17) is 25.9 Å². The number of aliphatic imine (C=N–C) groups is 1. The molecule has 2 aliphatic carbocycles. The van der Waals surface area contributed by atoms with Gasteiger partial charge >= 0.3 is 18.8 Å². The third-order valence-corrected chi connectivity index (χ3v) is 15.3. The lowest BCUT2D eigenvalue weighted by molar-refractivity contribution is -0.152. The first-order valence-corrected chi connectivity index (χ1v) is 23.9. The Kier molecular flexibility index (Phi) is 13.8. The molecule has 4 unspecified atom stereocenters. The highest BCUT2D eigenvalue weighted by atomic mass is 16.5. The lowest BCUT2D eigenvalue weighted by Crippen LogP contribution is -2.50. The average molecular weight is 871 g/mol. The summed E-state index contributed by atoms with van der Waals surface area (Å²) in [7, 11) is 0. The molecule has 4 atom stereocenters. The minimum Gasteiger partial charge on any atom is -0.459 e. The Morgan fingerprint density at radius 3 is 1.56 bits per heavy atom. The van der Waals surface area contributed by atoms with Gasteiger partial charge in [0.2, 0.25) is 0 Å². The number of allylic oxidation sites excluding steroid dienone is 1. The van der Waals surface area contributed by atoms with E-state index in [9.17, 15) is 4.79 Å². The fourth-order valence-corrected chi connectivity index (χ4v) is 11.9. The van der Waals surface area contributed by atoms with Crippen molar-refractivity contribution in [1.29, 1.82) is 0 Å². The quantitative estimate of drug-likeness (QED) is 0.172. The molecule has 0 spiro atoms. The highest BCUT2D eigenvalue weighted by Crippen LogP contribution is 2.52. The van der Waals surface area contributed by atoms with Crippen LogP contribution in [0.2, 0.25) is 0 Å². The molecular formula is C55H79BN4O4. The molecule has 2 saturated carbocycles. The summed E-state index contributed by atoms with van der Waals surface area (Å²) in [6, 6.07) is 20.4. The normalized spacial score (nSPS) is 26.5. The average Bonchev–Trinajstić information content (AvgIpc) is 3.60. The number of esters is 2. The fourth-order valence-electron chi connectivity index (χ4n) is 11.9. The van der Waals surface area contributed by atoms with Gasteiger partial charge in [-0.2, -0.15) is 0 Å². The molecule has 4 N–H and O–H groups in total. The number of carbonyl (C=O) groups excluding carboxylic acids is 2. The van der Waals surface area contributed by atoms with E-state index < -0.39 is 18.8 Å². The molecule has 0 radical (unpaired) electrons. The maximum atomic E-state index is 15.1. The van der Waals surface area contributed by atoms with Crippen molar-refractivity contribution in [1.82, 2.24) is 4.48 Å². The second-order valence-corrected chi connectivity index (χ2v) is 24.1. The summed E-state index contributed by atoms with van der Waals surface area (Å²) >= 11 is 0. The van der Waals surface area contributed by atoms with Gasteiger partial charge in [-0.15, -0.1) is 0 Å². The van der Waals surface area contributed by atoms with Crippen LogP contribution < -0.4 is 22.4 Å². The van der Waals surface area contributed by atoms with E-state index in [-0.39, 0.29) is 57.1 Å². The first-order valence-electron chi connectivity index (χ1n) is 23.9. The summed E-state index contributed by atoms with van der Waals surface area (Å²) < 4.78 is 15.3. The second-order valence-electron chi connectivity index (χ2n) is 24.1. The molecule has 1 aromatic heterocycles. The molecule has 3 aromatic rings. The predicted molar refractivity (Wildman–Crippen MR) is 267 cm³/mol. The van der Waals surface area contributed by atoms with E-state index in [0.717, 1.165) is 36.6 Å². The predicted octanol–water partition coefficient (Wildman–Crippen LogP) is 11.0. The number of nitrogens with zero attached hydrogens (tertiary/aromatic N) is 2. The van der Waals surface area contributed by atoms with E-state index in [0.29, 0.717) is 57.6 Å². The van der Waals surface area contributed by atoms with Crippen LogP contribution in [0, 0.1) is 64.1 Å². The largest absolute Gasteiger partial charge is 0.459 e. The van der Waals surface area contributed by atoms with Gasteiger partial charge in [0.1, 0.15) is 35.0 Å². The van der Waals surface area contributed by atoms with Crippen molar-refractivity contribution >= 4 is 47.4 Å².